The van der Waals surface area contributed by atoms with E-state index >= 15 is 0 Å². The van der Waals surface area contributed by atoms with Gasteiger partial charge in [0.15, 0.2) is 0 Å². The minimum atomic E-state index is -0.420. The van der Waals surface area contributed by atoms with Crippen LogP contribution in [0, 0.1) is 0 Å². The molecule has 17 heavy (non-hydrogen) atoms. The normalized spacial score (nSPS) is 10.6. The highest BCUT2D eigenvalue weighted by Crippen LogP contribution is 2.20. The van der Waals surface area contributed by atoms with E-state index in [-0.39, 0.29) is 0 Å². The maximum Gasteiger partial charge on any atom is 0.250 e. The van der Waals surface area contributed by atoms with Crippen LogP contribution in [0.1, 0.15) is 24.2 Å². The Hall–Kier alpha value is -1.07. The van der Waals surface area contributed by atoms with Crippen LogP contribution in [0.5, 0.6) is 0 Å². The number of anilines is 1. The average molecular weight is 300 g/mol. The third-order valence-corrected chi connectivity index (χ3v) is 2.73. The fraction of sp³-hybridized carbons (Fsp3) is 0.417. The van der Waals surface area contributed by atoms with Crippen molar-refractivity contribution in [1.82, 2.24) is 5.32 Å². The maximum atomic E-state index is 11.2. The quantitative estimate of drug-likeness (QED) is 0.704. The van der Waals surface area contributed by atoms with Gasteiger partial charge in [0, 0.05) is 29.3 Å². The largest absolute Gasteiger partial charge is 0.383 e. The Balaban J connectivity index is 2.62. The summed E-state index contributed by atoms with van der Waals surface area (Å²) >= 11 is 3.37. The summed E-state index contributed by atoms with van der Waals surface area (Å²) in [6.07, 6.45) is 0. The van der Waals surface area contributed by atoms with E-state index in [9.17, 15) is 4.79 Å². The summed E-state index contributed by atoms with van der Waals surface area (Å²) in [7, 11) is 0. The topological polar surface area (TPSA) is 67.2 Å². The molecule has 0 fully saturated rings. The van der Waals surface area contributed by atoms with Crippen molar-refractivity contribution in [2.45, 2.75) is 19.9 Å². The minimum absolute atomic E-state index is 0.420. The molecule has 94 valence electrons. The van der Waals surface area contributed by atoms with Gasteiger partial charge in [0.2, 0.25) is 0 Å². The molecule has 1 rings (SSSR count). The second-order valence-corrected chi connectivity index (χ2v) is 5.01. The molecule has 0 radical (unpaired) electrons. The molecule has 0 atom stereocenters. The number of carbonyl (C=O) groups is 1. The molecule has 0 heterocycles. The number of rotatable bonds is 6. The fourth-order valence-corrected chi connectivity index (χ4v) is 1.80. The summed E-state index contributed by atoms with van der Waals surface area (Å²) in [4.78, 5) is 11.2. The smallest absolute Gasteiger partial charge is 0.250 e. The van der Waals surface area contributed by atoms with Crippen LogP contribution in [0.3, 0.4) is 0 Å². The van der Waals surface area contributed by atoms with Crippen molar-refractivity contribution in [3.05, 3.63) is 28.2 Å². The van der Waals surface area contributed by atoms with Gasteiger partial charge in [-0.05, 0) is 18.2 Å². The lowest BCUT2D eigenvalue weighted by Crippen LogP contribution is -2.28. The number of benzene rings is 1. The second-order valence-electron chi connectivity index (χ2n) is 4.09. The lowest BCUT2D eigenvalue weighted by Gasteiger charge is -2.12. The van der Waals surface area contributed by atoms with Gasteiger partial charge in [0.1, 0.15) is 0 Å². The molecule has 0 aliphatic heterocycles. The third kappa shape index (κ3) is 4.75. The van der Waals surface area contributed by atoms with Crippen molar-refractivity contribution < 1.29 is 4.79 Å². The minimum Gasteiger partial charge on any atom is -0.383 e. The molecule has 0 saturated heterocycles. The third-order valence-electron chi connectivity index (χ3n) is 2.24. The van der Waals surface area contributed by atoms with Crippen LogP contribution in [0.15, 0.2) is 22.7 Å². The summed E-state index contributed by atoms with van der Waals surface area (Å²) in [6.45, 7) is 5.76. The van der Waals surface area contributed by atoms with Crippen LogP contribution in [0.25, 0.3) is 0 Å². The van der Waals surface area contributed by atoms with E-state index in [0.717, 1.165) is 23.2 Å². The highest BCUT2D eigenvalue weighted by atomic mass is 79.9. The molecule has 4 N–H and O–H groups in total. The van der Waals surface area contributed by atoms with Crippen molar-refractivity contribution in [2.24, 2.45) is 5.73 Å². The zero-order valence-corrected chi connectivity index (χ0v) is 11.7. The summed E-state index contributed by atoms with van der Waals surface area (Å²) in [5, 5.41) is 6.49. The molecular formula is C12H18BrN3O. The lowest BCUT2D eigenvalue weighted by molar-refractivity contribution is 0.100. The number of hydrogen-bond donors (Lipinski definition) is 3. The molecular weight excluding hydrogens is 282 g/mol. The summed E-state index contributed by atoms with van der Waals surface area (Å²) in [5.41, 5.74) is 6.58. The van der Waals surface area contributed by atoms with Gasteiger partial charge in [-0.25, -0.2) is 0 Å². The predicted molar refractivity (Wildman–Crippen MR) is 74.3 cm³/mol. The second kappa shape index (κ2) is 6.61. The van der Waals surface area contributed by atoms with Gasteiger partial charge in [-0.15, -0.1) is 0 Å². The van der Waals surface area contributed by atoms with E-state index in [0.29, 0.717) is 11.6 Å². The molecule has 1 aromatic carbocycles. The van der Waals surface area contributed by atoms with Gasteiger partial charge in [0.05, 0.1) is 5.56 Å². The molecule has 1 amide bonds. The first kappa shape index (κ1) is 14.0. The molecule has 5 heteroatoms. The van der Waals surface area contributed by atoms with Gasteiger partial charge < -0.3 is 16.4 Å². The zero-order valence-electron chi connectivity index (χ0n) is 10.1. The van der Waals surface area contributed by atoms with Crippen LogP contribution in [0.2, 0.25) is 0 Å². The van der Waals surface area contributed by atoms with E-state index in [1.165, 1.54) is 0 Å². The van der Waals surface area contributed by atoms with Gasteiger partial charge in [-0.2, -0.15) is 0 Å². The molecule has 0 bridgehead atoms. The van der Waals surface area contributed by atoms with Gasteiger partial charge in [-0.1, -0.05) is 29.8 Å². The highest BCUT2D eigenvalue weighted by molar-refractivity contribution is 9.10. The van der Waals surface area contributed by atoms with E-state index < -0.39 is 5.91 Å². The van der Waals surface area contributed by atoms with Crippen molar-refractivity contribution in [2.75, 3.05) is 18.4 Å². The Labute approximate surface area is 110 Å². The number of halogens is 1. The summed E-state index contributed by atoms with van der Waals surface area (Å²) < 4.78 is 0.918. The highest BCUT2D eigenvalue weighted by Gasteiger charge is 2.07. The Morgan fingerprint density at radius 2 is 2.12 bits per heavy atom. The lowest BCUT2D eigenvalue weighted by atomic mass is 10.1. The fourth-order valence-electron chi connectivity index (χ4n) is 1.44. The first-order valence-electron chi connectivity index (χ1n) is 5.57. The van der Waals surface area contributed by atoms with Crippen LogP contribution in [-0.4, -0.2) is 25.0 Å². The monoisotopic (exact) mass is 299 g/mol. The van der Waals surface area contributed by atoms with Gasteiger partial charge >= 0.3 is 0 Å². The number of amides is 1. The molecule has 1 aromatic rings. The van der Waals surface area contributed by atoms with E-state index in [4.69, 9.17) is 5.73 Å². The standard InChI is InChI=1S/C12H18BrN3O/c1-8(2)15-5-6-16-11-7-9(13)3-4-10(11)12(14)17/h3-4,7-8,15-16H,5-6H2,1-2H3,(H2,14,17). The predicted octanol–water partition coefficient (Wildman–Crippen LogP) is 1.96. The van der Waals surface area contributed by atoms with Crippen LogP contribution in [-0.2, 0) is 0 Å². The van der Waals surface area contributed by atoms with Crippen molar-refractivity contribution >= 4 is 27.5 Å². The number of carbonyl (C=O) groups excluding carboxylic acids is 1. The van der Waals surface area contributed by atoms with E-state index in [1.807, 2.05) is 6.07 Å². The van der Waals surface area contributed by atoms with Crippen molar-refractivity contribution in [1.29, 1.82) is 0 Å². The molecule has 0 aliphatic rings. The van der Waals surface area contributed by atoms with Crippen molar-refractivity contribution in [3.63, 3.8) is 0 Å². The maximum absolute atomic E-state index is 11.2. The van der Waals surface area contributed by atoms with Crippen LogP contribution >= 0.6 is 15.9 Å². The Morgan fingerprint density at radius 3 is 2.71 bits per heavy atom. The van der Waals surface area contributed by atoms with Crippen LogP contribution in [0.4, 0.5) is 5.69 Å². The van der Waals surface area contributed by atoms with E-state index in [2.05, 4.69) is 40.4 Å². The van der Waals surface area contributed by atoms with Gasteiger partial charge in [-0.3, -0.25) is 4.79 Å². The Bertz CT molecular complexity index is 393. The number of primary amides is 1. The number of nitrogens with one attached hydrogen (secondary N) is 2. The molecule has 4 nitrogen and oxygen atoms in total. The zero-order chi connectivity index (χ0) is 12.8. The van der Waals surface area contributed by atoms with E-state index in [1.54, 1.807) is 12.1 Å². The molecule has 0 aliphatic carbocycles. The Kier molecular flexibility index (Phi) is 5.44. The number of hydrogen-bond acceptors (Lipinski definition) is 3. The van der Waals surface area contributed by atoms with Crippen molar-refractivity contribution in [3.8, 4) is 0 Å². The first-order valence-corrected chi connectivity index (χ1v) is 6.36. The molecule has 0 aromatic heterocycles. The SMILES string of the molecule is CC(C)NCCNc1cc(Br)ccc1C(N)=O. The molecule has 0 unspecified atom stereocenters. The molecule has 0 saturated carbocycles. The van der Waals surface area contributed by atoms with Crippen LogP contribution < -0.4 is 16.4 Å². The first-order chi connectivity index (χ1) is 8.00. The average Bonchev–Trinajstić information content (AvgIpc) is 2.23. The van der Waals surface area contributed by atoms with Gasteiger partial charge in [0.25, 0.3) is 5.91 Å². The Morgan fingerprint density at radius 1 is 1.41 bits per heavy atom. The molecule has 0 spiro atoms. The summed E-state index contributed by atoms with van der Waals surface area (Å²) in [6, 6.07) is 5.83. The summed E-state index contributed by atoms with van der Waals surface area (Å²) in [5.74, 6) is -0.420. The number of nitrogens with two attached hydrogens (primary N) is 1.